The van der Waals surface area contributed by atoms with Crippen LogP contribution < -0.4 is 5.32 Å². The van der Waals surface area contributed by atoms with E-state index in [2.05, 4.69) is 29.6 Å². The number of carbonyl (C=O) groups excluding carboxylic acids is 2. The summed E-state index contributed by atoms with van der Waals surface area (Å²) in [5.41, 5.74) is 4.16. The number of alkyl carbamates (subject to hydrolysis) is 1. The van der Waals surface area contributed by atoms with E-state index in [9.17, 15) is 19.5 Å². The average Bonchev–Trinajstić information content (AvgIpc) is 3.37. The molecule has 4 rings (SSSR count). The number of fused-ring (bicyclic) bond motifs is 3. The molecule has 2 N–H and O–H groups in total. The molecule has 7 nitrogen and oxygen atoms in total. The normalized spacial score (nSPS) is 19.1. The average molecular weight is 479 g/mol. The maximum atomic E-state index is 12.8. The van der Waals surface area contributed by atoms with Gasteiger partial charge in [-0.1, -0.05) is 48.5 Å². The highest BCUT2D eigenvalue weighted by Crippen LogP contribution is 2.44. The lowest BCUT2D eigenvalue weighted by atomic mass is 9.98. The Kier molecular flexibility index (Phi) is 7.15. The van der Waals surface area contributed by atoms with Gasteiger partial charge in [0.05, 0.1) is 0 Å². The van der Waals surface area contributed by atoms with Crippen molar-refractivity contribution in [3.63, 3.8) is 0 Å². The van der Waals surface area contributed by atoms with Crippen LogP contribution >= 0.6 is 0 Å². The van der Waals surface area contributed by atoms with Crippen LogP contribution in [0.1, 0.15) is 63.5 Å². The van der Waals surface area contributed by atoms with E-state index in [4.69, 9.17) is 4.74 Å². The summed E-state index contributed by atoms with van der Waals surface area (Å²) in [4.78, 5) is 38.0. The van der Waals surface area contributed by atoms with Crippen molar-refractivity contribution in [2.45, 2.75) is 64.0 Å². The number of hydrogen-bond acceptors (Lipinski definition) is 4. The Morgan fingerprint density at radius 1 is 1.00 bits per heavy atom. The van der Waals surface area contributed by atoms with Gasteiger partial charge in [-0.15, -0.1) is 0 Å². The van der Waals surface area contributed by atoms with Crippen molar-refractivity contribution in [1.29, 1.82) is 0 Å². The molecule has 2 amide bonds. The molecule has 0 heterocycles. The minimum absolute atomic E-state index is 0.0136. The van der Waals surface area contributed by atoms with Crippen molar-refractivity contribution in [2.24, 2.45) is 5.92 Å². The maximum absolute atomic E-state index is 12.8. The van der Waals surface area contributed by atoms with Crippen LogP contribution in [-0.4, -0.2) is 52.7 Å². The van der Waals surface area contributed by atoms with Crippen molar-refractivity contribution in [3.05, 3.63) is 59.7 Å². The van der Waals surface area contributed by atoms with Gasteiger partial charge in [0.25, 0.3) is 0 Å². The van der Waals surface area contributed by atoms with E-state index in [1.807, 2.05) is 45.0 Å². The number of carboxylic acids is 1. The molecule has 2 aliphatic rings. The molecule has 0 spiro atoms. The Hall–Kier alpha value is -3.35. The van der Waals surface area contributed by atoms with E-state index < -0.39 is 17.6 Å². The summed E-state index contributed by atoms with van der Waals surface area (Å²) < 4.78 is 5.65. The first-order valence-corrected chi connectivity index (χ1v) is 12.3. The van der Waals surface area contributed by atoms with E-state index in [1.165, 1.54) is 27.2 Å². The predicted molar refractivity (Wildman–Crippen MR) is 133 cm³/mol. The van der Waals surface area contributed by atoms with Crippen molar-refractivity contribution in [1.82, 2.24) is 10.2 Å². The number of aliphatic carboxylic acids is 1. The first-order chi connectivity index (χ1) is 16.6. The summed E-state index contributed by atoms with van der Waals surface area (Å²) in [6, 6.07) is 16.4. The van der Waals surface area contributed by atoms with E-state index in [-0.39, 0.29) is 43.4 Å². The van der Waals surface area contributed by atoms with Crippen LogP contribution in [0.3, 0.4) is 0 Å². The van der Waals surface area contributed by atoms with Crippen LogP contribution in [0.2, 0.25) is 0 Å². The molecule has 0 aliphatic heterocycles. The number of benzene rings is 2. The molecule has 0 radical (unpaired) electrons. The summed E-state index contributed by atoms with van der Waals surface area (Å²) in [6.07, 6.45) is 2.11. The Morgan fingerprint density at radius 2 is 1.60 bits per heavy atom. The molecular formula is C28H34N2O5. The number of hydrogen-bond donors (Lipinski definition) is 2. The lowest BCUT2D eigenvalue weighted by Gasteiger charge is -2.35. The zero-order valence-corrected chi connectivity index (χ0v) is 20.6. The van der Waals surface area contributed by atoms with Crippen LogP contribution in [-0.2, 0) is 14.3 Å². The van der Waals surface area contributed by atoms with E-state index in [0.29, 0.717) is 6.42 Å². The van der Waals surface area contributed by atoms with E-state index >= 15 is 0 Å². The molecule has 2 aromatic carbocycles. The van der Waals surface area contributed by atoms with Gasteiger partial charge in [-0.3, -0.25) is 9.59 Å². The largest absolute Gasteiger partial charge is 0.480 e. The van der Waals surface area contributed by atoms with Crippen molar-refractivity contribution in [2.75, 3.05) is 13.2 Å². The third kappa shape index (κ3) is 5.66. The van der Waals surface area contributed by atoms with Crippen LogP contribution in [0.5, 0.6) is 0 Å². The van der Waals surface area contributed by atoms with Gasteiger partial charge in [0.2, 0.25) is 5.91 Å². The molecule has 7 heteroatoms. The number of amides is 2. The lowest BCUT2D eigenvalue weighted by Crippen LogP contribution is -2.48. The zero-order valence-electron chi connectivity index (χ0n) is 20.6. The fourth-order valence-electron chi connectivity index (χ4n) is 5.39. The summed E-state index contributed by atoms with van der Waals surface area (Å²) >= 11 is 0. The van der Waals surface area contributed by atoms with Crippen molar-refractivity contribution < 1.29 is 24.2 Å². The first kappa shape index (κ1) is 24.8. The van der Waals surface area contributed by atoms with Gasteiger partial charge in [-0.2, -0.15) is 0 Å². The third-order valence-electron chi connectivity index (χ3n) is 7.07. The van der Waals surface area contributed by atoms with Gasteiger partial charge >= 0.3 is 12.1 Å². The Morgan fingerprint density at radius 3 is 2.17 bits per heavy atom. The van der Waals surface area contributed by atoms with Gasteiger partial charge in [0.1, 0.15) is 13.2 Å². The standard InChI is InChI=1S/C28H34N2O5/c1-28(2,3)30(16-26(32)33)25(31)15-18-12-13-19(14-18)29-27(34)35-17-24-22-10-6-4-8-20(22)21-9-5-7-11-23(21)24/h4-11,18-19,24H,12-17H2,1-3H3,(H,29,34)(H,32,33)/t18-,19+/m1/s1. The monoisotopic (exact) mass is 478 g/mol. The number of nitrogens with one attached hydrogen (secondary N) is 1. The van der Waals surface area contributed by atoms with E-state index in [0.717, 1.165) is 12.8 Å². The molecule has 1 saturated carbocycles. The molecule has 186 valence electrons. The SMILES string of the molecule is CC(C)(C)N(CC(=O)O)C(=O)C[C@@H]1CC[C@H](NC(=O)OCC2c3ccccc3-c3ccccc32)C1. The highest BCUT2D eigenvalue weighted by Gasteiger charge is 2.34. The van der Waals surface area contributed by atoms with Gasteiger partial charge < -0.3 is 20.1 Å². The second kappa shape index (κ2) is 10.1. The molecule has 2 aromatic rings. The molecule has 2 atom stereocenters. The summed E-state index contributed by atoms with van der Waals surface area (Å²) in [6.45, 7) is 5.47. The number of ether oxygens (including phenoxy) is 1. The number of carbonyl (C=O) groups is 3. The first-order valence-electron chi connectivity index (χ1n) is 12.3. The summed E-state index contributed by atoms with van der Waals surface area (Å²) in [5.74, 6) is -1.05. The highest BCUT2D eigenvalue weighted by molar-refractivity contribution is 5.82. The Labute approximate surface area is 206 Å². The molecule has 0 saturated heterocycles. The van der Waals surface area contributed by atoms with Gasteiger partial charge in [0, 0.05) is 23.9 Å². The fourth-order valence-corrected chi connectivity index (χ4v) is 5.39. The van der Waals surface area contributed by atoms with Crippen molar-refractivity contribution in [3.8, 4) is 11.1 Å². The number of nitrogens with zero attached hydrogens (tertiary/aromatic N) is 1. The molecule has 35 heavy (non-hydrogen) atoms. The smallest absolute Gasteiger partial charge is 0.407 e. The number of carboxylic acid groups (broad SMARTS) is 1. The minimum atomic E-state index is -1.02. The van der Waals surface area contributed by atoms with E-state index in [1.54, 1.807) is 0 Å². The molecule has 2 aliphatic carbocycles. The van der Waals surface area contributed by atoms with Crippen LogP contribution in [0.15, 0.2) is 48.5 Å². The molecule has 0 unspecified atom stereocenters. The topological polar surface area (TPSA) is 95.9 Å². The summed E-state index contributed by atoms with van der Waals surface area (Å²) in [7, 11) is 0. The third-order valence-corrected chi connectivity index (χ3v) is 7.07. The minimum Gasteiger partial charge on any atom is -0.480 e. The van der Waals surface area contributed by atoms with Gasteiger partial charge in [-0.05, 0) is 68.2 Å². The molecular weight excluding hydrogens is 444 g/mol. The van der Waals surface area contributed by atoms with Crippen LogP contribution in [0, 0.1) is 5.92 Å². The molecule has 1 fully saturated rings. The molecule has 0 aromatic heterocycles. The van der Waals surface area contributed by atoms with Gasteiger partial charge in [-0.25, -0.2) is 4.79 Å². The lowest BCUT2D eigenvalue weighted by molar-refractivity contribution is -0.148. The Bertz CT molecular complexity index is 1060. The summed E-state index contributed by atoms with van der Waals surface area (Å²) in [5, 5.41) is 12.1. The highest BCUT2D eigenvalue weighted by atomic mass is 16.5. The van der Waals surface area contributed by atoms with Crippen LogP contribution in [0.4, 0.5) is 4.79 Å². The second-order valence-corrected chi connectivity index (χ2v) is 10.6. The van der Waals surface area contributed by atoms with Crippen molar-refractivity contribution >= 4 is 18.0 Å². The second-order valence-electron chi connectivity index (χ2n) is 10.6. The quantitative estimate of drug-likeness (QED) is 0.596. The van der Waals surface area contributed by atoms with Crippen LogP contribution in [0.25, 0.3) is 11.1 Å². The maximum Gasteiger partial charge on any atom is 0.407 e. The predicted octanol–water partition coefficient (Wildman–Crippen LogP) is 4.80. The number of rotatable bonds is 7. The fraction of sp³-hybridized carbons (Fsp3) is 0.464. The Balaban J connectivity index is 1.29. The molecule has 0 bridgehead atoms. The zero-order chi connectivity index (χ0) is 25.2. The van der Waals surface area contributed by atoms with Gasteiger partial charge in [0.15, 0.2) is 0 Å².